The molecule has 1 aromatic carbocycles. The minimum atomic E-state index is -0.677. The van der Waals surface area contributed by atoms with Crippen LogP contribution in [-0.2, 0) is 20.9 Å². The van der Waals surface area contributed by atoms with Gasteiger partial charge in [-0.1, -0.05) is 30.3 Å². The largest absolute Gasteiger partial charge is 0.443 e. The highest BCUT2D eigenvalue weighted by Crippen LogP contribution is 2.03. The summed E-state index contributed by atoms with van der Waals surface area (Å²) in [6, 6.07) is 9.27. The first-order valence-corrected chi connectivity index (χ1v) is 7.22. The van der Waals surface area contributed by atoms with E-state index in [0.717, 1.165) is 10.6 Å². The Bertz CT molecular complexity index is 502. The van der Waals surface area contributed by atoms with E-state index < -0.39 is 6.09 Å². The van der Waals surface area contributed by atoms with Crippen LogP contribution < -0.4 is 5.43 Å². The molecule has 120 valence electrons. The van der Waals surface area contributed by atoms with Gasteiger partial charge in [0, 0.05) is 19.9 Å². The summed E-state index contributed by atoms with van der Waals surface area (Å²) in [5.41, 5.74) is 3.23. The maximum atomic E-state index is 11.8. The third kappa shape index (κ3) is 7.42. The van der Waals surface area contributed by atoms with E-state index >= 15 is 0 Å². The van der Waals surface area contributed by atoms with E-state index in [1.807, 2.05) is 30.3 Å². The van der Waals surface area contributed by atoms with Crippen molar-refractivity contribution >= 4 is 17.8 Å². The van der Waals surface area contributed by atoms with Crippen molar-refractivity contribution in [3.8, 4) is 0 Å². The van der Waals surface area contributed by atoms with E-state index in [9.17, 15) is 14.4 Å². The number of nitrogens with zero attached hydrogens (tertiary/aromatic N) is 1. The van der Waals surface area contributed by atoms with Crippen molar-refractivity contribution in [3.63, 3.8) is 0 Å². The third-order valence-corrected chi connectivity index (χ3v) is 3.02. The molecule has 0 saturated heterocycles. The summed E-state index contributed by atoms with van der Waals surface area (Å²) in [6.45, 7) is 1.67. The van der Waals surface area contributed by atoms with Crippen molar-refractivity contribution in [2.75, 3.05) is 7.05 Å². The van der Waals surface area contributed by atoms with Gasteiger partial charge in [0.15, 0.2) is 0 Å². The summed E-state index contributed by atoms with van der Waals surface area (Å²) >= 11 is 0. The molecule has 0 aliphatic heterocycles. The van der Waals surface area contributed by atoms with Gasteiger partial charge in [-0.2, -0.15) is 0 Å². The second-order valence-corrected chi connectivity index (χ2v) is 5.04. The molecule has 0 fully saturated rings. The van der Waals surface area contributed by atoms with Crippen LogP contribution in [0.25, 0.3) is 0 Å². The standard InChI is InChI=1S/C16H22N2O4/c1-13(19)8-6-7-11-15(20)18(2)17-16(21)22-12-14-9-4-3-5-10-14/h3-5,9-10H,6-8,11-12H2,1-2H3,(H,17,21). The van der Waals surface area contributed by atoms with Gasteiger partial charge in [0.25, 0.3) is 0 Å². The summed E-state index contributed by atoms with van der Waals surface area (Å²) in [7, 11) is 1.47. The number of carbonyl (C=O) groups excluding carboxylic acids is 3. The molecular formula is C16H22N2O4. The van der Waals surface area contributed by atoms with Gasteiger partial charge in [-0.25, -0.2) is 10.2 Å². The summed E-state index contributed by atoms with van der Waals surface area (Å²) in [5, 5.41) is 1.11. The number of benzene rings is 1. The first-order chi connectivity index (χ1) is 10.5. The number of ether oxygens (including phenoxy) is 1. The number of hydrazine groups is 1. The lowest BCUT2D eigenvalue weighted by Crippen LogP contribution is -2.43. The van der Waals surface area contributed by atoms with E-state index in [-0.39, 0.29) is 24.7 Å². The molecule has 0 bridgehead atoms. The van der Waals surface area contributed by atoms with E-state index in [1.165, 1.54) is 14.0 Å². The van der Waals surface area contributed by atoms with Gasteiger partial charge in [-0.3, -0.25) is 9.80 Å². The van der Waals surface area contributed by atoms with Crippen LogP contribution in [0.4, 0.5) is 4.79 Å². The number of Topliss-reactive ketones (excluding diaryl/α,β-unsaturated/α-hetero) is 1. The molecule has 0 atom stereocenters. The molecule has 1 N–H and O–H groups in total. The summed E-state index contributed by atoms with van der Waals surface area (Å²) in [5.74, 6) is -0.108. The van der Waals surface area contributed by atoms with Crippen molar-refractivity contribution in [2.45, 2.75) is 39.2 Å². The molecule has 0 spiro atoms. The fourth-order valence-corrected chi connectivity index (χ4v) is 1.77. The summed E-state index contributed by atoms with van der Waals surface area (Å²) in [4.78, 5) is 34.1. The quantitative estimate of drug-likeness (QED) is 0.620. The van der Waals surface area contributed by atoms with E-state index in [0.29, 0.717) is 19.3 Å². The van der Waals surface area contributed by atoms with Gasteiger partial charge < -0.3 is 9.53 Å². The highest BCUT2D eigenvalue weighted by molar-refractivity contribution is 5.79. The molecule has 0 aromatic heterocycles. The Labute approximate surface area is 130 Å². The van der Waals surface area contributed by atoms with Gasteiger partial charge >= 0.3 is 6.09 Å². The van der Waals surface area contributed by atoms with Crippen LogP contribution in [0.5, 0.6) is 0 Å². The Hall–Kier alpha value is -2.37. The van der Waals surface area contributed by atoms with Crippen molar-refractivity contribution in [2.24, 2.45) is 0 Å². The lowest BCUT2D eigenvalue weighted by Gasteiger charge is -2.18. The van der Waals surface area contributed by atoms with E-state index in [1.54, 1.807) is 0 Å². The number of hydrogen-bond donors (Lipinski definition) is 1. The minimum absolute atomic E-state index is 0.114. The normalized spacial score (nSPS) is 9.91. The molecule has 0 radical (unpaired) electrons. The number of unbranched alkanes of at least 4 members (excludes halogenated alkanes) is 1. The predicted octanol–water partition coefficient (Wildman–Crippen LogP) is 2.44. The maximum Gasteiger partial charge on any atom is 0.426 e. The first-order valence-electron chi connectivity index (χ1n) is 7.22. The number of ketones is 1. The molecule has 0 aliphatic carbocycles. The second-order valence-electron chi connectivity index (χ2n) is 5.04. The lowest BCUT2D eigenvalue weighted by molar-refractivity contribution is -0.132. The Balaban J connectivity index is 2.22. The number of hydrogen-bond acceptors (Lipinski definition) is 4. The van der Waals surface area contributed by atoms with Crippen molar-refractivity contribution in [1.29, 1.82) is 0 Å². The average molecular weight is 306 g/mol. The second kappa shape index (κ2) is 9.55. The first kappa shape index (κ1) is 17.7. The van der Waals surface area contributed by atoms with Gasteiger partial charge in [-0.05, 0) is 25.3 Å². The highest BCUT2D eigenvalue weighted by atomic mass is 16.6. The van der Waals surface area contributed by atoms with Gasteiger partial charge in [0.2, 0.25) is 5.91 Å². The molecule has 22 heavy (non-hydrogen) atoms. The lowest BCUT2D eigenvalue weighted by atomic mass is 10.1. The molecule has 1 aromatic rings. The van der Waals surface area contributed by atoms with Crippen LogP contribution in [-0.4, -0.2) is 29.8 Å². The van der Waals surface area contributed by atoms with Crippen LogP contribution in [0.3, 0.4) is 0 Å². The Morgan fingerprint density at radius 1 is 1.09 bits per heavy atom. The molecule has 0 unspecified atom stereocenters. The molecule has 1 rings (SSSR count). The predicted molar refractivity (Wildman–Crippen MR) is 81.7 cm³/mol. The molecule has 0 heterocycles. The molecule has 0 aliphatic rings. The van der Waals surface area contributed by atoms with Crippen LogP contribution in [0, 0.1) is 0 Å². The Kier molecular flexibility index (Phi) is 7.67. The molecule has 0 saturated carbocycles. The summed E-state index contributed by atoms with van der Waals surface area (Å²) in [6.07, 6.45) is 1.37. The smallest absolute Gasteiger partial charge is 0.426 e. The van der Waals surface area contributed by atoms with Crippen LogP contribution in [0.2, 0.25) is 0 Å². The fraction of sp³-hybridized carbons (Fsp3) is 0.438. The molecular weight excluding hydrogens is 284 g/mol. The number of nitrogens with one attached hydrogen (secondary N) is 1. The van der Waals surface area contributed by atoms with Crippen LogP contribution in [0.15, 0.2) is 30.3 Å². The fourth-order valence-electron chi connectivity index (χ4n) is 1.77. The molecule has 6 nitrogen and oxygen atoms in total. The van der Waals surface area contributed by atoms with Gasteiger partial charge in [0.05, 0.1) is 0 Å². The van der Waals surface area contributed by atoms with Crippen molar-refractivity contribution in [1.82, 2.24) is 10.4 Å². The molecule has 2 amide bonds. The zero-order chi connectivity index (χ0) is 16.4. The Morgan fingerprint density at radius 3 is 2.36 bits per heavy atom. The zero-order valence-electron chi connectivity index (χ0n) is 13.0. The average Bonchev–Trinajstić information content (AvgIpc) is 2.50. The van der Waals surface area contributed by atoms with E-state index in [2.05, 4.69) is 5.43 Å². The van der Waals surface area contributed by atoms with Gasteiger partial charge in [-0.15, -0.1) is 0 Å². The summed E-state index contributed by atoms with van der Waals surface area (Å²) < 4.78 is 5.02. The number of amides is 2. The third-order valence-electron chi connectivity index (χ3n) is 3.02. The van der Waals surface area contributed by atoms with Gasteiger partial charge in [0.1, 0.15) is 12.4 Å². The topological polar surface area (TPSA) is 75.7 Å². The van der Waals surface area contributed by atoms with Crippen molar-refractivity contribution < 1.29 is 19.1 Å². The molecule has 6 heteroatoms. The number of rotatable bonds is 7. The maximum absolute atomic E-state index is 11.8. The van der Waals surface area contributed by atoms with Crippen molar-refractivity contribution in [3.05, 3.63) is 35.9 Å². The number of carbonyl (C=O) groups is 3. The monoisotopic (exact) mass is 306 g/mol. The van der Waals surface area contributed by atoms with Crippen LogP contribution >= 0.6 is 0 Å². The van der Waals surface area contributed by atoms with E-state index in [4.69, 9.17) is 4.74 Å². The minimum Gasteiger partial charge on any atom is -0.443 e. The SMILES string of the molecule is CC(=O)CCCCC(=O)N(C)NC(=O)OCc1ccccc1. The highest BCUT2D eigenvalue weighted by Gasteiger charge is 2.12. The Morgan fingerprint density at radius 2 is 1.73 bits per heavy atom. The van der Waals surface area contributed by atoms with Crippen LogP contribution in [0.1, 0.15) is 38.2 Å². The zero-order valence-corrected chi connectivity index (χ0v) is 13.0.